The van der Waals surface area contributed by atoms with Crippen LogP contribution in [0.15, 0.2) is 35.3 Å². The SMILES string of the molecule is Cc1c(-c2cccc(F)c2)c(=O)c(C(N)=O)cn1C(C)C.Cl. The zero-order chi connectivity index (χ0) is 15.7. The summed E-state index contributed by atoms with van der Waals surface area (Å²) in [4.78, 5) is 24.0. The summed E-state index contributed by atoms with van der Waals surface area (Å²) in [5.41, 5.74) is 6.14. The Kier molecular flexibility index (Phi) is 5.49. The number of nitrogens with zero attached hydrogens (tertiary/aromatic N) is 1. The van der Waals surface area contributed by atoms with Crippen molar-refractivity contribution in [3.05, 3.63) is 57.8 Å². The molecule has 0 bridgehead atoms. The Morgan fingerprint density at radius 3 is 2.45 bits per heavy atom. The standard InChI is InChI=1S/C16H17FN2O2.ClH/c1-9(2)19-8-13(16(18)21)15(20)14(10(19)3)11-5-4-6-12(17)7-11;/h4-9H,1-3H3,(H2,18,21);1H. The predicted octanol–water partition coefficient (Wildman–Crippen LogP) is 3.06. The van der Waals surface area contributed by atoms with Crippen molar-refractivity contribution in [1.82, 2.24) is 4.57 Å². The largest absolute Gasteiger partial charge is 0.365 e. The Hall–Kier alpha value is -2.14. The lowest BCUT2D eigenvalue weighted by Gasteiger charge is -2.19. The number of nitrogens with two attached hydrogens (primary N) is 1. The summed E-state index contributed by atoms with van der Waals surface area (Å²) < 4.78 is 15.2. The third-order valence-corrected chi connectivity index (χ3v) is 3.42. The Balaban J connectivity index is 0.00000242. The fourth-order valence-electron chi connectivity index (χ4n) is 2.42. The van der Waals surface area contributed by atoms with E-state index < -0.39 is 17.2 Å². The molecular formula is C16H18ClFN2O2. The van der Waals surface area contributed by atoms with Crippen LogP contribution < -0.4 is 11.2 Å². The number of primary amides is 1. The minimum Gasteiger partial charge on any atom is -0.365 e. The van der Waals surface area contributed by atoms with Gasteiger partial charge in [0.1, 0.15) is 11.4 Å². The first kappa shape index (κ1) is 17.9. The van der Waals surface area contributed by atoms with E-state index in [1.54, 1.807) is 17.6 Å². The van der Waals surface area contributed by atoms with Gasteiger partial charge in [0.2, 0.25) is 5.43 Å². The van der Waals surface area contributed by atoms with Gasteiger partial charge in [-0.3, -0.25) is 9.59 Å². The minimum absolute atomic E-state index is 0. The van der Waals surface area contributed by atoms with Gasteiger partial charge in [0, 0.05) is 23.5 Å². The van der Waals surface area contributed by atoms with Crippen LogP contribution in [0.1, 0.15) is 35.9 Å². The van der Waals surface area contributed by atoms with Gasteiger partial charge in [-0.2, -0.15) is 0 Å². The monoisotopic (exact) mass is 324 g/mol. The van der Waals surface area contributed by atoms with Gasteiger partial charge < -0.3 is 10.3 Å². The molecule has 1 aromatic carbocycles. The van der Waals surface area contributed by atoms with E-state index in [9.17, 15) is 14.0 Å². The van der Waals surface area contributed by atoms with E-state index in [1.807, 2.05) is 13.8 Å². The van der Waals surface area contributed by atoms with Crippen LogP contribution in [0.5, 0.6) is 0 Å². The summed E-state index contributed by atoms with van der Waals surface area (Å²) in [7, 11) is 0. The molecule has 1 aromatic heterocycles. The van der Waals surface area contributed by atoms with Gasteiger partial charge in [-0.05, 0) is 38.5 Å². The molecule has 0 fully saturated rings. The number of aromatic nitrogens is 1. The molecule has 0 radical (unpaired) electrons. The van der Waals surface area contributed by atoms with Crippen LogP contribution in [0.4, 0.5) is 4.39 Å². The number of rotatable bonds is 3. The van der Waals surface area contributed by atoms with Crippen molar-refractivity contribution < 1.29 is 9.18 Å². The van der Waals surface area contributed by atoms with E-state index in [1.165, 1.54) is 24.4 Å². The molecule has 6 heteroatoms. The minimum atomic E-state index is -0.785. The molecule has 1 heterocycles. The molecular weight excluding hydrogens is 307 g/mol. The number of carbonyl (C=O) groups excluding carboxylic acids is 1. The Morgan fingerprint density at radius 1 is 1.32 bits per heavy atom. The Morgan fingerprint density at radius 2 is 1.95 bits per heavy atom. The van der Waals surface area contributed by atoms with Crippen LogP contribution in [0.25, 0.3) is 11.1 Å². The number of halogens is 2. The van der Waals surface area contributed by atoms with Crippen molar-refractivity contribution >= 4 is 18.3 Å². The molecule has 0 aliphatic heterocycles. The number of benzene rings is 1. The predicted molar refractivity (Wildman–Crippen MR) is 87.0 cm³/mol. The first-order valence-corrected chi connectivity index (χ1v) is 6.64. The summed E-state index contributed by atoms with van der Waals surface area (Å²) in [6.45, 7) is 5.63. The van der Waals surface area contributed by atoms with Gasteiger partial charge in [-0.1, -0.05) is 12.1 Å². The van der Waals surface area contributed by atoms with Crippen LogP contribution in [0.2, 0.25) is 0 Å². The van der Waals surface area contributed by atoms with E-state index in [0.29, 0.717) is 16.8 Å². The quantitative estimate of drug-likeness (QED) is 0.943. The van der Waals surface area contributed by atoms with E-state index in [4.69, 9.17) is 5.73 Å². The van der Waals surface area contributed by atoms with Crippen LogP contribution in [-0.2, 0) is 0 Å². The number of hydrogen-bond acceptors (Lipinski definition) is 2. The molecule has 2 aromatic rings. The van der Waals surface area contributed by atoms with E-state index in [-0.39, 0.29) is 24.0 Å². The molecule has 1 amide bonds. The molecule has 0 saturated heterocycles. The average Bonchev–Trinajstić information content (AvgIpc) is 2.38. The van der Waals surface area contributed by atoms with Crippen molar-refractivity contribution in [3.63, 3.8) is 0 Å². The molecule has 0 aliphatic rings. The molecule has 22 heavy (non-hydrogen) atoms. The van der Waals surface area contributed by atoms with Crippen LogP contribution in [-0.4, -0.2) is 10.5 Å². The number of pyridine rings is 1. The van der Waals surface area contributed by atoms with Crippen molar-refractivity contribution in [2.45, 2.75) is 26.8 Å². The molecule has 0 spiro atoms. The van der Waals surface area contributed by atoms with Crippen LogP contribution >= 0.6 is 12.4 Å². The highest BCUT2D eigenvalue weighted by Crippen LogP contribution is 2.23. The molecule has 4 nitrogen and oxygen atoms in total. The van der Waals surface area contributed by atoms with Gasteiger partial charge in [0.15, 0.2) is 0 Å². The highest BCUT2D eigenvalue weighted by molar-refractivity contribution is 5.93. The van der Waals surface area contributed by atoms with Gasteiger partial charge in [-0.25, -0.2) is 4.39 Å². The van der Waals surface area contributed by atoms with E-state index in [2.05, 4.69) is 0 Å². The first-order chi connectivity index (χ1) is 9.82. The third kappa shape index (κ3) is 3.20. The van der Waals surface area contributed by atoms with Gasteiger partial charge >= 0.3 is 0 Å². The second-order valence-electron chi connectivity index (χ2n) is 5.21. The molecule has 0 saturated carbocycles. The van der Waals surface area contributed by atoms with Crippen molar-refractivity contribution in [2.75, 3.05) is 0 Å². The highest BCUT2D eigenvalue weighted by atomic mass is 35.5. The lowest BCUT2D eigenvalue weighted by molar-refractivity contribution is 0.0998. The Labute approximate surface area is 134 Å². The van der Waals surface area contributed by atoms with Crippen molar-refractivity contribution in [3.8, 4) is 11.1 Å². The van der Waals surface area contributed by atoms with E-state index >= 15 is 0 Å². The summed E-state index contributed by atoms with van der Waals surface area (Å²) >= 11 is 0. The zero-order valence-electron chi connectivity index (χ0n) is 12.6. The number of amides is 1. The number of carbonyl (C=O) groups is 1. The van der Waals surface area contributed by atoms with Crippen LogP contribution in [0, 0.1) is 12.7 Å². The third-order valence-electron chi connectivity index (χ3n) is 3.42. The van der Waals surface area contributed by atoms with Crippen molar-refractivity contribution in [2.24, 2.45) is 5.73 Å². The summed E-state index contributed by atoms with van der Waals surface area (Å²) in [5, 5.41) is 0. The summed E-state index contributed by atoms with van der Waals surface area (Å²) in [6, 6.07) is 5.79. The fraction of sp³-hybridized carbons (Fsp3) is 0.250. The average molecular weight is 325 g/mol. The molecule has 0 aliphatic carbocycles. The molecule has 2 N–H and O–H groups in total. The highest BCUT2D eigenvalue weighted by Gasteiger charge is 2.18. The maximum absolute atomic E-state index is 13.4. The molecule has 0 atom stereocenters. The van der Waals surface area contributed by atoms with Gasteiger partial charge in [0.25, 0.3) is 5.91 Å². The summed E-state index contributed by atoms with van der Waals surface area (Å²) in [6.07, 6.45) is 1.47. The maximum Gasteiger partial charge on any atom is 0.254 e. The van der Waals surface area contributed by atoms with Gasteiger partial charge in [-0.15, -0.1) is 12.4 Å². The topological polar surface area (TPSA) is 65.1 Å². The molecule has 0 unspecified atom stereocenters. The van der Waals surface area contributed by atoms with Gasteiger partial charge in [0.05, 0.1) is 0 Å². The smallest absolute Gasteiger partial charge is 0.254 e. The second-order valence-corrected chi connectivity index (χ2v) is 5.21. The van der Waals surface area contributed by atoms with Crippen LogP contribution in [0.3, 0.4) is 0 Å². The fourth-order valence-corrected chi connectivity index (χ4v) is 2.42. The van der Waals surface area contributed by atoms with Crippen molar-refractivity contribution in [1.29, 1.82) is 0 Å². The Bertz CT molecular complexity index is 769. The number of hydrogen-bond donors (Lipinski definition) is 1. The van der Waals surface area contributed by atoms with E-state index in [0.717, 1.165) is 0 Å². The maximum atomic E-state index is 13.4. The molecule has 118 valence electrons. The lowest BCUT2D eigenvalue weighted by Crippen LogP contribution is -2.27. The first-order valence-electron chi connectivity index (χ1n) is 6.64. The lowest BCUT2D eigenvalue weighted by atomic mass is 10.0. The zero-order valence-corrected chi connectivity index (χ0v) is 13.4. The molecule has 2 rings (SSSR count). The summed E-state index contributed by atoms with van der Waals surface area (Å²) in [5.74, 6) is -1.22. The second kappa shape index (κ2) is 6.75. The normalized spacial score (nSPS) is 10.4.